The Balaban J connectivity index is 1.45. The van der Waals surface area contributed by atoms with Crippen LogP contribution < -0.4 is 4.90 Å². The maximum Gasteiger partial charge on any atom is 0.237 e. The van der Waals surface area contributed by atoms with Crippen LogP contribution in [0.25, 0.3) is 16.9 Å². The number of alkyl halides is 1. The molecule has 9 heteroatoms. The van der Waals surface area contributed by atoms with Gasteiger partial charge in [-0.15, -0.1) is 22.9 Å². The Bertz CT molecular complexity index is 1340. The molecule has 0 bridgehead atoms. The molecular formula is C26H27ClFN5OS. The first-order valence-corrected chi connectivity index (χ1v) is 13.2. The van der Waals surface area contributed by atoms with Crippen LogP contribution in [-0.4, -0.2) is 51.2 Å². The number of aryl methyl sites for hydroxylation is 1. The van der Waals surface area contributed by atoms with Gasteiger partial charge in [0, 0.05) is 37.3 Å². The number of nitrogens with zero attached hydrogens (tertiary/aromatic N) is 5. The molecule has 0 spiro atoms. The van der Waals surface area contributed by atoms with Gasteiger partial charge in [0.05, 0.1) is 11.4 Å². The summed E-state index contributed by atoms with van der Waals surface area (Å²) in [5, 5.41) is 2.84. The molecule has 0 unspecified atom stereocenters. The highest BCUT2D eigenvalue weighted by atomic mass is 35.5. The van der Waals surface area contributed by atoms with Gasteiger partial charge in [-0.3, -0.25) is 9.20 Å². The van der Waals surface area contributed by atoms with Crippen LogP contribution in [0.3, 0.4) is 0 Å². The molecule has 0 saturated carbocycles. The molecule has 1 aliphatic heterocycles. The van der Waals surface area contributed by atoms with Crippen LogP contribution in [0.1, 0.15) is 36.9 Å². The van der Waals surface area contributed by atoms with Gasteiger partial charge in [-0.05, 0) is 61.1 Å². The molecule has 6 nitrogen and oxygen atoms in total. The minimum atomic E-state index is -0.258. The summed E-state index contributed by atoms with van der Waals surface area (Å²) in [6, 6.07) is 10.6. The number of anilines is 2. The third-order valence-corrected chi connectivity index (χ3v) is 7.84. The molecule has 182 valence electrons. The first-order valence-electron chi connectivity index (χ1n) is 11.8. The van der Waals surface area contributed by atoms with Gasteiger partial charge in [0.2, 0.25) is 5.91 Å². The van der Waals surface area contributed by atoms with Gasteiger partial charge in [-0.25, -0.2) is 14.4 Å². The average Bonchev–Trinajstić information content (AvgIpc) is 3.53. The number of thiazole rings is 1. The van der Waals surface area contributed by atoms with Crippen LogP contribution in [0.2, 0.25) is 0 Å². The molecule has 0 aliphatic carbocycles. The third-order valence-electron chi connectivity index (χ3n) is 6.69. The Morgan fingerprint density at radius 3 is 2.60 bits per heavy atom. The predicted octanol–water partition coefficient (Wildman–Crippen LogP) is 5.87. The van der Waals surface area contributed by atoms with Crippen LogP contribution in [0.4, 0.5) is 15.3 Å². The molecule has 1 aromatic carbocycles. The molecule has 5 rings (SSSR count). The molecule has 0 N–H and O–H groups in total. The molecule has 35 heavy (non-hydrogen) atoms. The number of fused-ring (bicyclic) bond motifs is 1. The van der Waals surface area contributed by atoms with Crippen LogP contribution in [0.5, 0.6) is 0 Å². The molecule has 1 fully saturated rings. The summed E-state index contributed by atoms with van der Waals surface area (Å²) in [6.07, 6.45) is 4.82. The van der Waals surface area contributed by atoms with E-state index in [-0.39, 0.29) is 17.6 Å². The molecule has 1 aliphatic rings. The number of carbonyl (C=O) groups excluding carboxylic acids is 1. The summed E-state index contributed by atoms with van der Waals surface area (Å²) in [5.74, 6) is 1.18. The SMILES string of the molecule is CCc1nc2ccc(C3CCN(C(=O)CCl)CC3)cn2c1N(C)c1nc(-c2ccc(F)cc2)cs1. The Labute approximate surface area is 213 Å². The molecule has 1 amide bonds. The Morgan fingerprint density at radius 1 is 1.17 bits per heavy atom. The molecule has 4 aromatic rings. The maximum absolute atomic E-state index is 13.3. The number of benzene rings is 1. The highest BCUT2D eigenvalue weighted by molar-refractivity contribution is 7.14. The Morgan fingerprint density at radius 2 is 1.91 bits per heavy atom. The fraction of sp³-hybridized carbons (Fsp3) is 0.346. The van der Waals surface area contributed by atoms with Crippen molar-refractivity contribution < 1.29 is 9.18 Å². The third kappa shape index (κ3) is 4.65. The van der Waals surface area contributed by atoms with Crippen molar-refractivity contribution in [3.8, 4) is 11.3 Å². The summed E-state index contributed by atoms with van der Waals surface area (Å²) in [6.45, 7) is 3.57. The fourth-order valence-corrected chi connectivity index (χ4v) is 5.71. The summed E-state index contributed by atoms with van der Waals surface area (Å²) in [4.78, 5) is 25.6. The number of rotatable bonds is 6. The molecule has 3 aromatic heterocycles. The highest BCUT2D eigenvalue weighted by Crippen LogP contribution is 2.35. The van der Waals surface area contributed by atoms with Gasteiger partial charge in [0.25, 0.3) is 0 Å². The lowest BCUT2D eigenvalue weighted by molar-refractivity contribution is -0.129. The van der Waals surface area contributed by atoms with Crippen LogP contribution >= 0.6 is 22.9 Å². The highest BCUT2D eigenvalue weighted by Gasteiger charge is 2.25. The van der Waals surface area contributed by atoms with E-state index in [2.05, 4.69) is 34.6 Å². The second-order valence-corrected chi connectivity index (χ2v) is 9.90. The standard InChI is InChI=1S/C26H27ClFN5OS/c1-3-21-25(31(2)26-30-22(16-35-26)18-4-7-20(28)8-5-18)33-15-19(6-9-23(33)29-21)17-10-12-32(13-11-17)24(34)14-27/h4-9,15-17H,3,10-14H2,1-2H3. The summed E-state index contributed by atoms with van der Waals surface area (Å²) in [7, 11) is 2.01. The van der Waals surface area contributed by atoms with E-state index in [1.165, 1.54) is 17.7 Å². The van der Waals surface area contributed by atoms with Gasteiger partial charge in [-0.2, -0.15) is 0 Å². The minimum absolute atomic E-state index is 0.00938. The molecule has 1 saturated heterocycles. The van der Waals surface area contributed by atoms with Gasteiger partial charge < -0.3 is 9.80 Å². The topological polar surface area (TPSA) is 53.7 Å². The van der Waals surface area contributed by atoms with Crippen LogP contribution in [-0.2, 0) is 11.2 Å². The summed E-state index contributed by atoms with van der Waals surface area (Å²) < 4.78 is 15.5. The second-order valence-electron chi connectivity index (χ2n) is 8.80. The van der Waals surface area contributed by atoms with E-state index in [4.69, 9.17) is 21.6 Å². The van der Waals surface area contributed by atoms with Crippen molar-refractivity contribution in [3.63, 3.8) is 0 Å². The minimum Gasteiger partial charge on any atom is -0.342 e. The van der Waals surface area contributed by atoms with Crippen LogP contribution in [0.15, 0.2) is 48.0 Å². The van der Waals surface area contributed by atoms with E-state index in [0.29, 0.717) is 5.92 Å². The lowest BCUT2D eigenvalue weighted by Crippen LogP contribution is -2.38. The van der Waals surface area contributed by atoms with Crippen molar-refractivity contribution in [2.75, 3.05) is 30.9 Å². The van der Waals surface area contributed by atoms with Crippen molar-refractivity contribution >= 4 is 45.4 Å². The largest absolute Gasteiger partial charge is 0.342 e. The van der Waals surface area contributed by atoms with Crippen molar-refractivity contribution in [2.45, 2.75) is 32.1 Å². The lowest BCUT2D eigenvalue weighted by atomic mass is 9.90. The summed E-state index contributed by atoms with van der Waals surface area (Å²) >= 11 is 7.29. The number of aromatic nitrogens is 3. The van der Waals surface area contributed by atoms with E-state index in [0.717, 1.165) is 65.9 Å². The average molecular weight is 512 g/mol. The van der Waals surface area contributed by atoms with Gasteiger partial charge in [0.1, 0.15) is 23.2 Å². The molecule has 4 heterocycles. The van der Waals surface area contributed by atoms with Crippen molar-refractivity contribution in [2.24, 2.45) is 0 Å². The smallest absolute Gasteiger partial charge is 0.237 e. The van der Waals surface area contributed by atoms with E-state index >= 15 is 0 Å². The van der Waals surface area contributed by atoms with E-state index in [9.17, 15) is 9.18 Å². The van der Waals surface area contributed by atoms with Gasteiger partial charge in [0.15, 0.2) is 5.13 Å². The van der Waals surface area contributed by atoms with Gasteiger partial charge in [-0.1, -0.05) is 13.0 Å². The Kier molecular flexibility index (Phi) is 6.75. The number of carbonyl (C=O) groups is 1. The number of likely N-dealkylation sites (tertiary alicyclic amines) is 1. The number of hydrogen-bond donors (Lipinski definition) is 0. The van der Waals surface area contributed by atoms with Crippen molar-refractivity contribution in [1.29, 1.82) is 0 Å². The van der Waals surface area contributed by atoms with Crippen molar-refractivity contribution in [1.82, 2.24) is 19.3 Å². The fourth-order valence-electron chi connectivity index (χ4n) is 4.74. The van der Waals surface area contributed by atoms with E-state index in [1.54, 1.807) is 23.5 Å². The number of halogens is 2. The lowest BCUT2D eigenvalue weighted by Gasteiger charge is -2.32. The number of amides is 1. The predicted molar refractivity (Wildman–Crippen MR) is 139 cm³/mol. The Hall–Kier alpha value is -2.97. The number of imidazole rings is 1. The summed E-state index contributed by atoms with van der Waals surface area (Å²) in [5.41, 5.74) is 4.86. The van der Waals surface area contributed by atoms with Gasteiger partial charge >= 0.3 is 0 Å². The van der Waals surface area contributed by atoms with E-state index < -0.39 is 0 Å². The first kappa shape index (κ1) is 23.8. The quantitative estimate of drug-likeness (QED) is 0.304. The van der Waals surface area contributed by atoms with Crippen LogP contribution in [0, 0.1) is 5.82 Å². The van der Waals surface area contributed by atoms with E-state index in [1.807, 2.05) is 17.3 Å². The normalized spacial score (nSPS) is 14.6. The number of pyridine rings is 1. The maximum atomic E-state index is 13.3. The number of hydrogen-bond acceptors (Lipinski definition) is 5. The van der Waals surface area contributed by atoms with Crippen molar-refractivity contribution in [3.05, 3.63) is 65.0 Å². The zero-order valence-electron chi connectivity index (χ0n) is 19.7. The molecule has 0 radical (unpaired) electrons. The zero-order valence-corrected chi connectivity index (χ0v) is 21.3. The second kappa shape index (κ2) is 9.95. The number of piperidine rings is 1. The zero-order chi connectivity index (χ0) is 24.5. The first-order chi connectivity index (χ1) is 17.0. The molecular weight excluding hydrogens is 485 g/mol. The monoisotopic (exact) mass is 511 g/mol. The molecule has 0 atom stereocenters.